The molecule has 146 valence electrons. The zero-order valence-corrected chi connectivity index (χ0v) is 16.8. The van der Waals surface area contributed by atoms with Crippen molar-refractivity contribution in [1.82, 2.24) is 4.98 Å². The molecule has 0 saturated carbocycles. The summed E-state index contributed by atoms with van der Waals surface area (Å²) in [4.78, 5) is 17.0. The lowest BCUT2D eigenvalue weighted by atomic mass is 10.1. The quantitative estimate of drug-likeness (QED) is 0.641. The van der Waals surface area contributed by atoms with E-state index in [1.165, 1.54) is 0 Å². The fourth-order valence-electron chi connectivity index (χ4n) is 2.90. The normalized spacial score (nSPS) is 16.3. The SMILES string of the molecule is COc1ccc(N2C=PC(C(=O)Nc3cccc(-c4ccco4)c3)C(C)=N2)cn1. The number of methoxy groups -OCH3 is 1. The van der Waals surface area contributed by atoms with E-state index in [-0.39, 0.29) is 11.6 Å². The maximum atomic E-state index is 12.8. The Morgan fingerprint density at radius 1 is 1.24 bits per heavy atom. The predicted molar refractivity (Wildman–Crippen MR) is 116 cm³/mol. The maximum Gasteiger partial charge on any atom is 0.241 e. The molecule has 1 aliphatic heterocycles. The van der Waals surface area contributed by atoms with E-state index >= 15 is 0 Å². The number of anilines is 2. The first-order valence-corrected chi connectivity index (χ1v) is 10.00. The second-order valence-electron chi connectivity index (χ2n) is 6.36. The van der Waals surface area contributed by atoms with Gasteiger partial charge in [0.2, 0.25) is 11.8 Å². The van der Waals surface area contributed by atoms with Crippen LogP contribution >= 0.6 is 8.20 Å². The molecule has 1 unspecified atom stereocenters. The average Bonchev–Trinajstić information content (AvgIpc) is 3.29. The van der Waals surface area contributed by atoms with Gasteiger partial charge in [0.25, 0.3) is 0 Å². The van der Waals surface area contributed by atoms with E-state index in [0.29, 0.717) is 11.6 Å². The van der Waals surface area contributed by atoms with Crippen LogP contribution in [0.25, 0.3) is 11.3 Å². The van der Waals surface area contributed by atoms with E-state index in [4.69, 9.17) is 9.15 Å². The molecular formula is C21H19N4O3P. The molecule has 7 nitrogen and oxygen atoms in total. The van der Waals surface area contributed by atoms with Gasteiger partial charge in [0.05, 0.1) is 36.9 Å². The van der Waals surface area contributed by atoms with Crippen molar-refractivity contribution in [3.63, 3.8) is 0 Å². The number of carbonyl (C=O) groups excluding carboxylic acids is 1. The van der Waals surface area contributed by atoms with Crippen molar-refractivity contribution >= 4 is 37.1 Å². The monoisotopic (exact) mass is 406 g/mol. The largest absolute Gasteiger partial charge is 0.481 e. The lowest BCUT2D eigenvalue weighted by Crippen LogP contribution is -2.34. The molecule has 0 fully saturated rings. The Labute approximate surface area is 169 Å². The van der Waals surface area contributed by atoms with E-state index in [0.717, 1.165) is 30.9 Å². The summed E-state index contributed by atoms with van der Waals surface area (Å²) in [6.45, 7) is 1.85. The Balaban J connectivity index is 1.46. The van der Waals surface area contributed by atoms with Gasteiger partial charge in [0.1, 0.15) is 11.4 Å². The van der Waals surface area contributed by atoms with Crippen molar-refractivity contribution in [2.75, 3.05) is 17.4 Å². The van der Waals surface area contributed by atoms with E-state index in [9.17, 15) is 4.79 Å². The number of furan rings is 1. The standard InChI is InChI=1S/C21H19N4O3P/c1-14-20(29-13-25(24-14)17-8-9-19(27-2)22-12-17)21(26)23-16-6-3-5-15(11-16)18-7-4-10-28-18/h3-13,20H,1-2H3,(H,23,26). The van der Waals surface area contributed by atoms with E-state index in [1.807, 2.05) is 55.3 Å². The number of aromatic nitrogens is 1. The first kappa shape index (κ1) is 18.9. The minimum Gasteiger partial charge on any atom is -0.481 e. The van der Waals surface area contributed by atoms with Gasteiger partial charge in [-0.05, 0) is 37.3 Å². The number of benzene rings is 1. The van der Waals surface area contributed by atoms with E-state index < -0.39 is 0 Å². The highest BCUT2D eigenvalue weighted by molar-refractivity contribution is 7.42. The lowest BCUT2D eigenvalue weighted by molar-refractivity contribution is -0.114. The van der Waals surface area contributed by atoms with Crippen LogP contribution < -0.4 is 15.1 Å². The number of amides is 1. The van der Waals surface area contributed by atoms with Gasteiger partial charge in [-0.1, -0.05) is 20.3 Å². The van der Waals surface area contributed by atoms with Crippen LogP contribution in [-0.2, 0) is 4.79 Å². The summed E-state index contributed by atoms with van der Waals surface area (Å²) in [5.74, 6) is 3.05. The van der Waals surface area contributed by atoms with Gasteiger partial charge < -0.3 is 14.5 Å². The lowest BCUT2D eigenvalue weighted by Gasteiger charge is -2.23. The third-order valence-electron chi connectivity index (χ3n) is 4.36. The predicted octanol–water partition coefficient (Wildman–Crippen LogP) is 4.26. The van der Waals surface area contributed by atoms with Gasteiger partial charge >= 0.3 is 0 Å². The maximum absolute atomic E-state index is 12.8. The number of pyridine rings is 1. The molecule has 1 atom stereocenters. The van der Waals surface area contributed by atoms with Crippen molar-refractivity contribution in [1.29, 1.82) is 0 Å². The molecule has 2 aromatic heterocycles. The van der Waals surface area contributed by atoms with Crippen LogP contribution in [0, 0.1) is 0 Å². The molecule has 0 bridgehead atoms. The van der Waals surface area contributed by atoms with E-state index in [1.54, 1.807) is 30.6 Å². The van der Waals surface area contributed by atoms with Gasteiger partial charge in [-0.25, -0.2) is 9.99 Å². The number of rotatable bonds is 5. The van der Waals surface area contributed by atoms with Crippen LogP contribution in [0.3, 0.4) is 0 Å². The molecule has 1 amide bonds. The van der Waals surface area contributed by atoms with Gasteiger partial charge in [-0.2, -0.15) is 5.10 Å². The zero-order chi connectivity index (χ0) is 20.2. The highest BCUT2D eigenvalue weighted by Crippen LogP contribution is 2.26. The second kappa shape index (κ2) is 8.29. The van der Waals surface area contributed by atoms with Crippen LogP contribution in [0.1, 0.15) is 6.92 Å². The first-order valence-electron chi connectivity index (χ1n) is 8.96. The van der Waals surface area contributed by atoms with Crippen molar-refractivity contribution < 1.29 is 13.9 Å². The van der Waals surface area contributed by atoms with Crippen LogP contribution in [-0.4, -0.2) is 35.3 Å². The third kappa shape index (κ3) is 4.20. The first-order chi connectivity index (χ1) is 14.1. The average molecular weight is 406 g/mol. The van der Waals surface area contributed by atoms with Crippen molar-refractivity contribution in [3.8, 4) is 17.2 Å². The molecule has 3 aromatic rings. The number of hydrogen-bond acceptors (Lipinski definition) is 6. The van der Waals surface area contributed by atoms with Crippen molar-refractivity contribution in [2.45, 2.75) is 12.6 Å². The molecule has 1 aliphatic rings. The van der Waals surface area contributed by atoms with Gasteiger partial charge in [-0.15, -0.1) is 0 Å². The summed E-state index contributed by atoms with van der Waals surface area (Å²) in [6.07, 6.45) is 3.31. The Bertz CT molecular complexity index is 1060. The highest BCUT2D eigenvalue weighted by atomic mass is 31.1. The summed E-state index contributed by atoms with van der Waals surface area (Å²) in [6, 6.07) is 14.9. The number of nitrogens with zero attached hydrogens (tertiary/aromatic N) is 3. The Morgan fingerprint density at radius 3 is 2.83 bits per heavy atom. The van der Waals surface area contributed by atoms with Crippen molar-refractivity contribution in [3.05, 3.63) is 61.0 Å². The number of ether oxygens (including phenoxy) is 1. The van der Waals surface area contributed by atoms with Crippen LogP contribution in [0.4, 0.5) is 11.4 Å². The topological polar surface area (TPSA) is 80.0 Å². The van der Waals surface area contributed by atoms with Gasteiger partial charge in [0, 0.05) is 17.3 Å². The second-order valence-corrected chi connectivity index (χ2v) is 7.40. The van der Waals surface area contributed by atoms with Crippen LogP contribution in [0.15, 0.2) is 70.5 Å². The fourth-order valence-corrected chi connectivity index (χ4v) is 3.81. The molecule has 1 aromatic carbocycles. The summed E-state index contributed by atoms with van der Waals surface area (Å²) in [5.41, 5.74) is 2.80. The highest BCUT2D eigenvalue weighted by Gasteiger charge is 2.24. The van der Waals surface area contributed by atoms with Gasteiger partial charge in [0.15, 0.2) is 0 Å². The minimum absolute atomic E-state index is 0.103. The number of nitrogens with one attached hydrogen (secondary N) is 1. The zero-order valence-electron chi connectivity index (χ0n) is 15.9. The molecule has 29 heavy (non-hydrogen) atoms. The number of hydrazone groups is 1. The van der Waals surface area contributed by atoms with Crippen LogP contribution in [0.2, 0.25) is 0 Å². The molecule has 0 aliphatic carbocycles. The molecule has 1 N–H and O–H groups in total. The molecule has 0 spiro atoms. The molecule has 8 heteroatoms. The Kier molecular flexibility index (Phi) is 5.40. The molecule has 0 saturated heterocycles. The minimum atomic E-state index is -0.357. The Morgan fingerprint density at radius 2 is 2.14 bits per heavy atom. The fraction of sp³-hybridized carbons (Fsp3) is 0.143. The number of carbonyl (C=O) groups is 1. The molecular weight excluding hydrogens is 387 g/mol. The Hall–Kier alpha value is -3.44. The number of hydrogen-bond donors (Lipinski definition) is 1. The molecule has 0 radical (unpaired) electrons. The molecule has 3 heterocycles. The summed E-state index contributed by atoms with van der Waals surface area (Å²) in [7, 11) is 2.40. The third-order valence-corrected chi connectivity index (χ3v) is 5.62. The summed E-state index contributed by atoms with van der Waals surface area (Å²) in [5, 5.41) is 9.25. The summed E-state index contributed by atoms with van der Waals surface area (Å²) < 4.78 is 10.5. The van der Waals surface area contributed by atoms with E-state index in [2.05, 4.69) is 15.4 Å². The summed E-state index contributed by atoms with van der Waals surface area (Å²) >= 11 is 0. The van der Waals surface area contributed by atoms with Crippen LogP contribution in [0.5, 0.6) is 5.88 Å². The van der Waals surface area contributed by atoms with Crippen molar-refractivity contribution in [2.24, 2.45) is 5.10 Å². The smallest absolute Gasteiger partial charge is 0.241 e. The molecule has 4 rings (SSSR count). The van der Waals surface area contributed by atoms with Gasteiger partial charge in [-0.3, -0.25) is 4.79 Å².